The summed E-state index contributed by atoms with van der Waals surface area (Å²) in [4.78, 5) is 11.9. The number of hydrogen-bond donors (Lipinski definition) is 0. The fourth-order valence-corrected chi connectivity index (χ4v) is 2.96. The summed E-state index contributed by atoms with van der Waals surface area (Å²) in [7, 11) is -3.53. The van der Waals surface area contributed by atoms with Gasteiger partial charge in [0, 0.05) is 5.92 Å². The molecule has 0 heterocycles. The van der Waals surface area contributed by atoms with Crippen LogP contribution in [0.5, 0.6) is 0 Å². The number of carbonyl (C=O) groups is 1. The Balaban J connectivity index is 3.09. The summed E-state index contributed by atoms with van der Waals surface area (Å²) in [6.45, 7) is 4.86. The summed E-state index contributed by atoms with van der Waals surface area (Å²) in [5.74, 6) is -0.516. The number of Topliss-reactive ketones (excluding diaryl/α,β-unsaturated/α-hetero) is 1. The Labute approximate surface area is 96.4 Å². The zero-order valence-corrected chi connectivity index (χ0v) is 10.5. The van der Waals surface area contributed by atoms with E-state index in [9.17, 15) is 13.2 Å². The highest BCUT2D eigenvalue weighted by Crippen LogP contribution is 2.18. The third-order valence-corrected chi connectivity index (χ3v) is 4.60. The van der Waals surface area contributed by atoms with Gasteiger partial charge in [0.1, 0.15) is 5.25 Å². The van der Waals surface area contributed by atoms with Crippen LogP contribution in [0.15, 0.2) is 35.2 Å². The Hall–Kier alpha value is -1.16. The monoisotopic (exact) mass is 240 g/mol. The predicted octanol–water partition coefficient (Wildman–Crippen LogP) is 2.07. The molecular formula is C12H16O3S. The van der Waals surface area contributed by atoms with Crippen molar-refractivity contribution in [3.05, 3.63) is 30.3 Å². The van der Waals surface area contributed by atoms with Crippen molar-refractivity contribution in [1.82, 2.24) is 0 Å². The molecule has 3 nitrogen and oxygen atoms in total. The van der Waals surface area contributed by atoms with Gasteiger partial charge in [-0.05, 0) is 19.1 Å². The van der Waals surface area contributed by atoms with Gasteiger partial charge in [-0.2, -0.15) is 0 Å². The van der Waals surface area contributed by atoms with Crippen LogP contribution in [0.4, 0.5) is 0 Å². The van der Waals surface area contributed by atoms with Crippen molar-refractivity contribution in [2.75, 3.05) is 0 Å². The first kappa shape index (κ1) is 12.9. The van der Waals surface area contributed by atoms with E-state index in [4.69, 9.17) is 0 Å². The van der Waals surface area contributed by atoms with Gasteiger partial charge in [0.15, 0.2) is 15.6 Å². The quantitative estimate of drug-likeness (QED) is 0.809. The molecule has 4 heteroatoms. The molecule has 0 aliphatic carbocycles. The van der Waals surface area contributed by atoms with Gasteiger partial charge in [-0.15, -0.1) is 0 Å². The van der Waals surface area contributed by atoms with Crippen molar-refractivity contribution < 1.29 is 13.2 Å². The van der Waals surface area contributed by atoms with Crippen molar-refractivity contribution in [1.29, 1.82) is 0 Å². The summed E-state index contributed by atoms with van der Waals surface area (Å²) < 4.78 is 24.1. The van der Waals surface area contributed by atoms with Crippen LogP contribution in [0, 0.1) is 5.92 Å². The van der Waals surface area contributed by atoms with Crippen LogP contribution in [-0.4, -0.2) is 19.5 Å². The largest absolute Gasteiger partial charge is 0.298 e. The first-order valence-corrected chi connectivity index (χ1v) is 6.74. The van der Waals surface area contributed by atoms with Crippen molar-refractivity contribution >= 4 is 15.6 Å². The van der Waals surface area contributed by atoms with Gasteiger partial charge >= 0.3 is 0 Å². The van der Waals surface area contributed by atoms with Crippen LogP contribution in [0.2, 0.25) is 0 Å². The second kappa shape index (κ2) is 4.78. The number of hydrogen-bond acceptors (Lipinski definition) is 3. The van der Waals surface area contributed by atoms with Gasteiger partial charge in [0.2, 0.25) is 0 Å². The van der Waals surface area contributed by atoms with Gasteiger partial charge in [-0.3, -0.25) is 4.79 Å². The zero-order valence-electron chi connectivity index (χ0n) is 9.67. The summed E-state index contributed by atoms with van der Waals surface area (Å²) in [6, 6.07) is 8.08. The summed E-state index contributed by atoms with van der Waals surface area (Å²) >= 11 is 0. The van der Waals surface area contributed by atoms with E-state index in [-0.39, 0.29) is 16.6 Å². The van der Waals surface area contributed by atoms with Crippen LogP contribution >= 0.6 is 0 Å². The predicted molar refractivity (Wildman–Crippen MR) is 62.9 cm³/mol. The molecule has 0 saturated heterocycles. The molecule has 0 spiro atoms. The lowest BCUT2D eigenvalue weighted by molar-refractivity contribution is -0.121. The Morgan fingerprint density at radius 2 is 1.56 bits per heavy atom. The molecule has 1 unspecified atom stereocenters. The van der Waals surface area contributed by atoms with E-state index in [2.05, 4.69) is 0 Å². The number of sulfone groups is 1. The molecule has 1 rings (SSSR count). The molecule has 0 fully saturated rings. The SMILES string of the molecule is CC(C)C(=O)C(C)S(=O)(=O)c1ccccc1. The maximum Gasteiger partial charge on any atom is 0.188 e. The van der Waals surface area contributed by atoms with Crippen LogP contribution in [-0.2, 0) is 14.6 Å². The number of benzene rings is 1. The molecule has 88 valence electrons. The lowest BCUT2D eigenvalue weighted by Gasteiger charge is -2.13. The highest BCUT2D eigenvalue weighted by Gasteiger charge is 2.30. The summed E-state index contributed by atoms with van der Waals surface area (Å²) in [5, 5.41) is -0.977. The van der Waals surface area contributed by atoms with E-state index in [1.807, 2.05) is 0 Å². The number of carbonyl (C=O) groups excluding carboxylic acids is 1. The molecule has 0 aromatic heterocycles. The third-order valence-electron chi connectivity index (χ3n) is 2.51. The highest BCUT2D eigenvalue weighted by atomic mass is 32.2. The van der Waals surface area contributed by atoms with E-state index in [1.165, 1.54) is 19.1 Å². The Morgan fingerprint density at radius 3 is 2.00 bits per heavy atom. The minimum absolute atomic E-state index is 0.205. The average Bonchev–Trinajstić information content (AvgIpc) is 2.28. The van der Waals surface area contributed by atoms with Crippen molar-refractivity contribution in [3.8, 4) is 0 Å². The van der Waals surface area contributed by atoms with Crippen molar-refractivity contribution in [3.63, 3.8) is 0 Å². The second-order valence-corrected chi connectivity index (χ2v) is 6.33. The van der Waals surface area contributed by atoms with E-state index < -0.39 is 15.1 Å². The lowest BCUT2D eigenvalue weighted by Crippen LogP contribution is -2.30. The summed E-state index contributed by atoms with van der Waals surface area (Å²) in [5.41, 5.74) is 0. The van der Waals surface area contributed by atoms with Gasteiger partial charge in [0.05, 0.1) is 4.90 Å². The maximum atomic E-state index is 12.1. The third kappa shape index (κ3) is 2.50. The zero-order chi connectivity index (χ0) is 12.3. The topological polar surface area (TPSA) is 51.2 Å². The van der Waals surface area contributed by atoms with Crippen LogP contribution in [0.1, 0.15) is 20.8 Å². The molecule has 1 aromatic rings. The molecule has 0 saturated carbocycles. The van der Waals surface area contributed by atoms with Crippen molar-refractivity contribution in [2.24, 2.45) is 5.92 Å². The van der Waals surface area contributed by atoms with Gasteiger partial charge in [-0.25, -0.2) is 8.42 Å². The first-order chi connectivity index (χ1) is 7.37. The standard InChI is InChI=1S/C12H16O3S/c1-9(2)12(13)10(3)16(14,15)11-7-5-4-6-8-11/h4-10H,1-3H3. The lowest BCUT2D eigenvalue weighted by atomic mass is 10.1. The number of ketones is 1. The van der Waals surface area contributed by atoms with Gasteiger partial charge in [-0.1, -0.05) is 32.0 Å². The van der Waals surface area contributed by atoms with E-state index in [0.717, 1.165) is 0 Å². The molecule has 1 atom stereocenters. The molecule has 0 bridgehead atoms. The fraction of sp³-hybridized carbons (Fsp3) is 0.417. The molecule has 0 amide bonds. The van der Waals surface area contributed by atoms with Crippen LogP contribution in [0.25, 0.3) is 0 Å². The average molecular weight is 240 g/mol. The first-order valence-electron chi connectivity index (χ1n) is 5.20. The highest BCUT2D eigenvalue weighted by molar-refractivity contribution is 7.92. The molecule has 16 heavy (non-hydrogen) atoms. The van der Waals surface area contributed by atoms with Crippen LogP contribution in [0.3, 0.4) is 0 Å². The molecule has 0 aliphatic heterocycles. The summed E-state index contributed by atoms with van der Waals surface area (Å²) in [6.07, 6.45) is 0. The van der Waals surface area contributed by atoms with E-state index >= 15 is 0 Å². The maximum absolute atomic E-state index is 12.1. The smallest absolute Gasteiger partial charge is 0.188 e. The Bertz CT molecular complexity index is 460. The Morgan fingerprint density at radius 1 is 1.06 bits per heavy atom. The van der Waals surface area contributed by atoms with Crippen LogP contribution < -0.4 is 0 Å². The normalized spacial score (nSPS) is 13.8. The number of rotatable bonds is 4. The van der Waals surface area contributed by atoms with Crippen molar-refractivity contribution in [2.45, 2.75) is 30.9 Å². The minimum atomic E-state index is -3.53. The molecular weight excluding hydrogens is 224 g/mol. The molecule has 1 aromatic carbocycles. The fourth-order valence-electron chi connectivity index (χ4n) is 1.44. The van der Waals surface area contributed by atoms with Gasteiger partial charge < -0.3 is 0 Å². The molecule has 0 aliphatic rings. The van der Waals surface area contributed by atoms with Gasteiger partial charge in [0.25, 0.3) is 0 Å². The molecule has 0 N–H and O–H groups in total. The van der Waals surface area contributed by atoms with E-state index in [0.29, 0.717) is 0 Å². The second-order valence-electron chi connectivity index (χ2n) is 4.06. The Kier molecular flexibility index (Phi) is 3.86. The minimum Gasteiger partial charge on any atom is -0.298 e. The van der Waals surface area contributed by atoms with E-state index in [1.54, 1.807) is 32.0 Å². The molecule has 0 radical (unpaired) electrons.